The number of carbonyl (C=O) groups is 1. The van der Waals surface area contributed by atoms with Gasteiger partial charge in [-0.2, -0.15) is 0 Å². The van der Waals surface area contributed by atoms with Crippen molar-refractivity contribution in [3.8, 4) is 0 Å². The lowest BCUT2D eigenvalue weighted by Gasteiger charge is -2.37. The number of rotatable bonds is 4. The van der Waals surface area contributed by atoms with Gasteiger partial charge in [0.1, 0.15) is 5.76 Å². The number of hydrogen-bond acceptors (Lipinski definition) is 4. The normalized spacial score (nSPS) is 21.2. The highest BCUT2D eigenvalue weighted by Gasteiger charge is 2.32. The largest absolute Gasteiger partial charge is 0.467 e. The van der Waals surface area contributed by atoms with E-state index in [1.165, 1.54) is 11.3 Å². The maximum absolute atomic E-state index is 12.8. The van der Waals surface area contributed by atoms with Crippen LogP contribution in [0.2, 0.25) is 0 Å². The Morgan fingerprint density at radius 2 is 2.21 bits per heavy atom. The molecular weight excluding hydrogens is 324 g/mol. The van der Waals surface area contributed by atoms with Gasteiger partial charge in [-0.3, -0.25) is 9.59 Å². The fraction of sp³-hybridized carbons (Fsp3) is 0.556. The minimum atomic E-state index is 0.0123. The molecule has 6 heteroatoms. The summed E-state index contributed by atoms with van der Waals surface area (Å²) in [6, 6.07) is 3.83. The van der Waals surface area contributed by atoms with Crippen LogP contribution in [-0.4, -0.2) is 21.9 Å². The predicted molar refractivity (Wildman–Crippen MR) is 94.2 cm³/mol. The highest BCUT2D eigenvalue weighted by molar-refractivity contribution is 7.09. The van der Waals surface area contributed by atoms with E-state index in [2.05, 4.69) is 6.92 Å². The Hall–Kier alpha value is -1.82. The number of aromatic nitrogens is 1. The topological polar surface area (TPSA) is 55.5 Å². The molecule has 1 amide bonds. The van der Waals surface area contributed by atoms with Crippen LogP contribution < -0.4 is 4.87 Å². The molecule has 0 unspecified atom stereocenters. The van der Waals surface area contributed by atoms with Crippen LogP contribution in [0.1, 0.15) is 48.6 Å². The van der Waals surface area contributed by atoms with Gasteiger partial charge in [0.05, 0.1) is 12.3 Å². The van der Waals surface area contributed by atoms with Crippen molar-refractivity contribution in [2.45, 2.75) is 52.6 Å². The molecule has 5 nitrogen and oxygen atoms in total. The quantitative estimate of drug-likeness (QED) is 0.849. The van der Waals surface area contributed by atoms with E-state index in [1.807, 2.05) is 30.9 Å². The van der Waals surface area contributed by atoms with Crippen LogP contribution in [0, 0.1) is 19.8 Å². The van der Waals surface area contributed by atoms with Gasteiger partial charge in [0, 0.05) is 30.1 Å². The molecule has 130 valence electrons. The highest BCUT2D eigenvalue weighted by Crippen LogP contribution is 2.34. The van der Waals surface area contributed by atoms with Gasteiger partial charge >= 0.3 is 4.87 Å². The molecule has 0 aliphatic carbocycles. The van der Waals surface area contributed by atoms with Crippen molar-refractivity contribution in [3.63, 3.8) is 0 Å². The van der Waals surface area contributed by atoms with E-state index < -0.39 is 0 Å². The highest BCUT2D eigenvalue weighted by atomic mass is 32.1. The summed E-state index contributed by atoms with van der Waals surface area (Å²) < 4.78 is 7.27. The third-order valence-electron chi connectivity index (χ3n) is 4.98. The average molecular weight is 348 g/mol. The molecule has 0 aromatic carbocycles. The average Bonchev–Trinajstić information content (AvgIpc) is 3.15. The van der Waals surface area contributed by atoms with E-state index in [4.69, 9.17) is 4.42 Å². The van der Waals surface area contributed by atoms with Gasteiger partial charge in [-0.25, -0.2) is 0 Å². The molecule has 1 saturated heterocycles. The fourth-order valence-corrected chi connectivity index (χ4v) is 4.25. The number of carbonyl (C=O) groups excluding carboxylic acids is 1. The summed E-state index contributed by atoms with van der Waals surface area (Å²) in [5.74, 6) is 1.53. The molecule has 0 bridgehead atoms. The van der Waals surface area contributed by atoms with Crippen molar-refractivity contribution >= 4 is 17.2 Å². The summed E-state index contributed by atoms with van der Waals surface area (Å²) in [6.45, 7) is 7.30. The maximum Gasteiger partial charge on any atom is 0.307 e. The summed E-state index contributed by atoms with van der Waals surface area (Å²) in [6.07, 6.45) is 3.95. The van der Waals surface area contributed by atoms with Crippen molar-refractivity contribution in [1.29, 1.82) is 0 Å². The fourth-order valence-electron chi connectivity index (χ4n) is 3.39. The molecule has 1 fully saturated rings. The van der Waals surface area contributed by atoms with Crippen LogP contribution in [0.5, 0.6) is 0 Å². The number of aryl methyl sites for hydroxylation is 1. The molecule has 1 aliphatic rings. The lowest BCUT2D eigenvalue weighted by Crippen LogP contribution is -2.41. The van der Waals surface area contributed by atoms with Gasteiger partial charge in [0.25, 0.3) is 0 Å². The first-order valence-electron chi connectivity index (χ1n) is 8.47. The Morgan fingerprint density at radius 3 is 2.83 bits per heavy atom. The summed E-state index contributed by atoms with van der Waals surface area (Å²) in [5, 5.41) is 0. The van der Waals surface area contributed by atoms with E-state index in [0.29, 0.717) is 18.9 Å². The Morgan fingerprint density at radius 1 is 1.42 bits per heavy atom. The van der Waals surface area contributed by atoms with E-state index in [9.17, 15) is 9.59 Å². The molecule has 0 radical (unpaired) electrons. The summed E-state index contributed by atoms with van der Waals surface area (Å²) in [5.41, 5.74) is 0.965. The first-order chi connectivity index (χ1) is 11.5. The first-order valence-corrected chi connectivity index (χ1v) is 9.28. The molecular formula is C18H24N2O3S. The first kappa shape index (κ1) is 17.0. The van der Waals surface area contributed by atoms with Crippen LogP contribution in [0.15, 0.2) is 27.6 Å². The van der Waals surface area contributed by atoms with E-state index >= 15 is 0 Å². The SMILES string of the molecule is Cc1sc(=O)n(CCC(=O)N2CC[C@@H](C)C[C@H]2c2ccco2)c1C. The predicted octanol–water partition coefficient (Wildman–Crippen LogP) is 3.51. The summed E-state index contributed by atoms with van der Waals surface area (Å²) in [4.78, 5) is 27.7. The van der Waals surface area contributed by atoms with E-state index in [1.54, 1.807) is 10.8 Å². The zero-order valence-corrected chi connectivity index (χ0v) is 15.3. The van der Waals surface area contributed by atoms with Crippen LogP contribution in [-0.2, 0) is 11.3 Å². The Bertz CT molecular complexity index is 760. The summed E-state index contributed by atoms with van der Waals surface area (Å²) in [7, 11) is 0. The van der Waals surface area contributed by atoms with Crippen LogP contribution in [0.25, 0.3) is 0 Å². The van der Waals surface area contributed by atoms with Crippen molar-refractivity contribution in [3.05, 3.63) is 44.4 Å². The molecule has 3 heterocycles. The molecule has 2 atom stereocenters. The number of furan rings is 1. The van der Waals surface area contributed by atoms with Crippen molar-refractivity contribution < 1.29 is 9.21 Å². The van der Waals surface area contributed by atoms with Gasteiger partial charge in [0.2, 0.25) is 5.91 Å². The standard InChI is InChI=1S/C18H24N2O3S/c1-12-6-8-20(15(11-12)16-5-4-10-23-16)17(21)7-9-19-13(2)14(3)24-18(19)22/h4-5,10,12,15H,6-9,11H2,1-3H3/t12-,15+/m1/s1. The second-order valence-electron chi connectivity index (χ2n) is 6.66. The monoisotopic (exact) mass is 348 g/mol. The van der Waals surface area contributed by atoms with Gasteiger partial charge in [-0.05, 0) is 44.7 Å². The van der Waals surface area contributed by atoms with Crippen LogP contribution in [0.3, 0.4) is 0 Å². The van der Waals surface area contributed by atoms with Crippen LogP contribution >= 0.6 is 11.3 Å². The minimum absolute atomic E-state index is 0.0123. The third-order valence-corrected chi connectivity index (χ3v) is 5.98. The Labute approximate surface area is 145 Å². The van der Waals surface area contributed by atoms with E-state index in [-0.39, 0.29) is 16.8 Å². The number of thiazole rings is 1. The maximum atomic E-state index is 12.8. The van der Waals surface area contributed by atoms with Crippen molar-refractivity contribution in [2.75, 3.05) is 6.54 Å². The number of nitrogens with zero attached hydrogens (tertiary/aromatic N) is 2. The molecule has 24 heavy (non-hydrogen) atoms. The van der Waals surface area contributed by atoms with Crippen molar-refractivity contribution in [2.24, 2.45) is 5.92 Å². The van der Waals surface area contributed by atoms with Crippen molar-refractivity contribution in [1.82, 2.24) is 9.47 Å². The molecule has 0 N–H and O–H groups in total. The number of likely N-dealkylation sites (tertiary alicyclic amines) is 1. The zero-order valence-electron chi connectivity index (χ0n) is 14.4. The lowest BCUT2D eigenvalue weighted by atomic mass is 9.91. The molecule has 3 rings (SSSR count). The zero-order chi connectivity index (χ0) is 17.3. The summed E-state index contributed by atoms with van der Waals surface area (Å²) >= 11 is 1.25. The molecule has 2 aromatic heterocycles. The molecule has 0 saturated carbocycles. The third kappa shape index (κ3) is 3.34. The Kier molecular flexibility index (Phi) is 4.94. The number of hydrogen-bond donors (Lipinski definition) is 0. The lowest BCUT2D eigenvalue weighted by molar-refractivity contribution is -0.136. The number of piperidine rings is 1. The Balaban J connectivity index is 1.72. The van der Waals surface area contributed by atoms with Gasteiger partial charge < -0.3 is 13.9 Å². The van der Waals surface area contributed by atoms with Gasteiger partial charge in [-0.15, -0.1) is 0 Å². The molecule has 2 aromatic rings. The van der Waals surface area contributed by atoms with Gasteiger partial charge in [0.15, 0.2) is 0 Å². The second-order valence-corrected chi connectivity index (χ2v) is 7.82. The molecule has 0 spiro atoms. The minimum Gasteiger partial charge on any atom is -0.467 e. The second kappa shape index (κ2) is 6.97. The van der Waals surface area contributed by atoms with Crippen LogP contribution in [0.4, 0.5) is 0 Å². The van der Waals surface area contributed by atoms with Gasteiger partial charge in [-0.1, -0.05) is 18.3 Å². The molecule has 1 aliphatic heterocycles. The smallest absolute Gasteiger partial charge is 0.307 e. The number of amides is 1. The van der Waals surface area contributed by atoms with E-state index in [0.717, 1.165) is 35.7 Å².